The topological polar surface area (TPSA) is 239 Å². The van der Waals surface area contributed by atoms with E-state index in [1.807, 2.05) is 58.0 Å². The Hall–Kier alpha value is -3.88. The fraction of sp³-hybridized carbons (Fsp3) is 0.733. The second-order valence-electron chi connectivity index (χ2n) is 18.6. The highest BCUT2D eigenvalue weighted by atomic mass is 16.7. The number of likely N-dealkylation sites (N-methyl/N-ethyl adjacent to an activating group) is 1. The van der Waals surface area contributed by atoms with Crippen LogP contribution in [-0.2, 0) is 54.1 Å². The first-order valence-corrected chi connectivity index (χ1v) is 22.3. The number of aliphatic hydroxyl groups excluding tert-OH is 1. The van der Waals surface area contributed by atoms with Crippen LogP contribution in [0.25, 0.3) is 11.0 Å². The number of ether oxygens (including phenoxy) is 6. The van der Waals surface area contributed by atoms with E-state index in [0.29, 0.717) is 37.5 Å². The van der Waals surface area contributed by atoms with Crippen LogP contribution in [0.1, 0.15) is 86.6 Å². The van der Waals surface area contributed by atoms with E-state index in [9.17, 15) is 24.6 Å². The molecule has 4 bridgehead atoms. The zero-order valence-electron chi connectivity index (χ0n) is 38.4. The number of nitrogens with zero attached hydrogens (tertiary/aromatic N) is 4. The number of aliphatic hydroxyl groups is 2. The number of hydrogen-bond acceptors (Lipinski definition) is 16. The number of aryl methyl sites for hydroxylation is 1. The van der Waals surface area contributed by atoms with E-state index in [2.05, 4.69) is 15.1 Å². The summed E-state index contributed by atoms with van der Waals surface area (Å²) < 4.78 is 38.4. The highest BCUT2D eigenvalue weighted by Gasteiger charge is 2.53. The van der Waals surface area contributed by atoms with Gasteiger partial charge in [0.05, 0.1) is 54.8 Å². The zero-order chi connectivity index (χ0) is 46.0. The standard InChI is InChI=1S/C45H68N6O12/c1-11-34-45(8,56)39-25(4)35-23(2)19-44(7,38(26(5)36(52)27(6)41(55)61-34)62-42-37(53)32(51(9)10)17-24(3)60-42)59-21-29(20-58-39)50-63-33(40(54)49-35)22-57-16-12-13-28-14-15-30-31(18-28)48-43(46)47-30/h14-15,18,23-27,32-34,37-39,42,53,56H,11-13,16-17,19-22H2,1-10H3,(H3,46,47,48)/b49-35?,50-29+/t23-,24-,25-,26+,27-,32+,33?,34-,37-,38-,39+,42+,44-,45-/m1/s1. The van der Waals surface area contributed by atoms with Gasteiger partial charge in [-0.25, -0.2) is 9.98 Å². The molecule has 1 aromatic carbocycles. The summed E-state index contributed by atoms with van der Waals surface area (Å²) in [4.78, 5) is 62.6. The summed E-state index contributed by atoms with van der Waals surface area (Å²) in [6.45, 7) is 13.5. The Balaban J connectivity index is 1.36. The number of anilines is 1. The number of benzene rings is 1. The molecule has 350 valence electrons. The fourth-order valence-electron chi connectivity index (χ4n) is 9.71. The van der Waals surface area contributed by atoms with Gasteiger partial charge in [-0.1, -0.05) is 38.9 Å². The molecule has 6 rings (SSSR count). The van der Waals surface area contributed by atoms with Crippen LogP contribution in [0.2, 0.25) is 0 Å². The number of cyclic esters (lactones) is 1. The van der Waals surface area contributed by atoms with Gasteiger partial charge in [0.15, 0.2) is 18.0 Å². The molecule has 0 saturated carbocycles. The van der Waals surface area contributed by atoms with Gasteiger partial charge >= 0.3 is 5.97 Å². The van der Waals surface area contributed by atoms with Crippen LogP contribution in [0.5, 0.6) is 0 Å². The number of imidazole rings is 1. The summed E-state index contributed by atoms with van der Waals surface area (Å²) in [6.07, 6.45) is -4.96. The van der Waals surface area contributed by atoms with Crippen LogP contribution in [0.4, 0.5) is 5.95 Å². The lowest BCUT2D eigenvalue weighted by Gasteiger charge is -2.47. The van der Waals surface area contributed by atoms with Crippen LogP contribution in [0.3, 0.4) is 0 Å². The minimum Gasteiger partial charge on any atom is -0.459 e. The number of nitrogen functional groups attached to an aromatic ring is 1. The first-order valence-electron chi connectivity index (χ1n) is 22.3. The van der Waals surface area contributed by atoms with Crippen molar-refractivity contribution >= 4 is 46.1 Å². The molecule has 14 atom stereocenters. The SMILES string of the molecule is CC[C@H]1OC(=O)[C@H](C)C(=O)[C@H](C)[C@@H](O[C@@H]2O[C@H](C)C[C@H](N(C)C)[C@H]2O)[C@@]2(C)C[C@@H](C)C3=NC(=O)C(COCCCc4ccc5nc(N)[nH]c5c4)O/N=C(\CO[C@@H]([C@@H]3C)[C@]1(C)O)CO2. The molecule has 1 amide bonds. The number of nitrogens with two attached hydrogens (primary N) is 1. The quantitative estimate of drug-likeness (QED) is 0.152. The molecule has 4 aliphatic rings. The first kappa shape index (κ1) is 48.6. The Morgan fingerprint density at radius 1 is 1.06 bits per heavy atom. The molecule has 4 aliphatic heterocycles. The third-order valence-corrected chi connectivity index (χ3v) is 13.2. The third kappa shape index (κ3) is 10.8. The zero-order valence-corrected chi connectivity index (χ0v) is 38.4. The van der Waals surface area contributed by atoms with Gasteiger partial charge in [-0.05, 0) is 97.5 Å². The Morgan fingerprint density at radius 2 is 1.81 bits per heavy atom. The van der Waals surface area contributed by atoms with E-state index < -0.39 is 89.3 Å². The van der Waals surface area contributed by atoms with Crippen LogP contribution < -0.4 is 5.73 Å². The number of H-pyrrole nitrogens is 1. The number of amides is 1. The Labute approximate surface area is 369 Å². The number of Topliss-reactive ketones (excluding diaryl/α,β-unsaturated/α-hetero) is 1. The molecule has 2 aromatic rings. The van der Waals surface area contributed by atoms with Gasteiger partial charge in [-0.15, -0.1) is 0 Å². The van der Waals surface area contributed by atoms with Crippen molar-refractivity contribution in [3.8, 4) is 0 Å². The highest BCUT2D eigenvalue weighted by molar-refractivity contribution is 6.01. The molecule has 0 aliphatic carbocycles. The van der Waals surface area contributed by atoms with Crippen molar-refractivity contribution in [2.75, 3.05) is 46.3 Å². The second kappa shape index (κ2) is 20.1. The molecular formula is C45H68N6O12. The molecule has 0 spiro atoms. The molecule has 0 radical (unpaired) electrons. The lowest BCUT2D eigenvalue weighted by Crippen LogP contribution is -2.60. The number of esters is 1. The number of oxime groups is 1. The number of hydrogen-bond donors (Lipinski definition) is 4. The maximum atomic E-state index is 14.5. The monoisotopic (exact) mass is 884 g/mol. The Kier molecular flexibility index (Phi) is 15.5. The molecule has 18 nitrogen and oxygen atoms in total. The summed E-state index contributed by atoms with van der Waals surface area (Å²) in [5.74, 6) is -5.22. The van der Waals surface area contributed by atoms with E-state index in [0.717, 1.165) is 16.6 Å². The highest BCUT2D eigenvalue weighted by Crippen LogP contribution is 2.40. The second-order valence-corrected chi connectivity index (χ2v) is 18.6. The molecule has 1 aromatic heterocycles. The van der Waals surface area contributed by atoms with E-state index in [4.69, 9.17) is 44.0 Å². The number of ketones is 1. The van der Waals surface area contributed by atoms with E-state index in [1.165, 1.54) is 13.8 Å². The van der Waals surface area contributed by atoms with Gasteiger partial charge in [-0.3, -0.25) is 14.4 Å². The van der Waals surface area contributed by atoms with Crippen molar-refractivity contribution in [1.82, 2.24) is 14.9 Å². The maximum absolute atomic E-state index is 14.5. The largest absolute Gasteiger partial charge is 0.459 e. The van der Waals surface area contributed by atoms with Crippen molar-refractivity contribution in [2.45, 2.75) is 148 Å². The van der Waals surface area contributed by atoms with Crippen molar-refractivity contribution < 1.29 is 57.9 Å². The molecule has 3 saturated heterocycles. The van der Waals surface area contributed by atoms with Crippen molar-refractivity contribution in [3.05, 3.63) is 23.8 Å². The summed E-state index contributed by atoms with van der Waals surface area (Å²) >= 11 is 0. The molecule has 3 fully saturated rings. The van der Waals surface area contributed by atoms with Gasteiger partial charge in [-0.2, -0.15) is 0 Å². The normalized spacial score (nSPS) is 38.3. The smallest absolute Gasteiger partial charge is 0.316 e. The number of aliphatic imine (C=N–C) groups is 1. The summed E-state index contributed by atoms with van der Waals surface area (Å²) in [6, 6.07) is 5.57. The lowest BCUT2D eigenvalue weighted by molar-refractivity contribution is -0.296. The maximum Gasteiger partial charge on any atom is 0.316 e. The predicted octanol–water partition coefficient (Wildman–Crippen LogP) is 3.39. The summed E-state index contributed by atoms with van der Waals surface area (Å²) in [5.41, 5.74) is 5.86. The number of fused-ring (bicyclic) bond motifs is 5. The predicted molar refractivity (Wildman–Crippen MR) is 233 cm³/mol. The van der Waals surface area contributed by atoms with E-state index in [1.54, 1.807) is 20.8 Å². The first-order chi connectivity index (χ1) is 29.7. The van der Waals surface area contributed by atoms with Crippen molar-refractivity contribution in [1.29, 1.82) is 0 Å². The van der Waals surface area contributed by atoms with E-state index >= 15 is 0 Å². The van der Waals surface area contributed by atoms with Gasteiger partial charge in [0, 0.05) is 30.2 Å². The van der Waals surface area contributed by atoms with Gasteiger partial charge in [0.2, 0.25) is 6.10 Å². The van der Waals surface area contributed by atoms with Crippen molar-refractivity contribution in [3.63, 3.8) is 0 Å². The average Bonchev–Trinajstić information content (AvgIpc) is 3.60. The van der Waals surface area contributed by atoms with Crippen LogP contribution in [0.15, 0.2) is 28.3 Å². The number of rotatable bonds is 10. The molecule has 18 heteroatoms. The van der Waals surface area contributed by atoms with Crippen LogP contribution in [-0.4, -0.2) is 155 Å². The van der Waals surface area contributed by atoms with Crippen LogP contribution >= 0.6 is 0 Å². The Bertz CT molecular complexity index is 2000. The van der Waals surface area contributed by atoms with Gasteiger partial charge < -0.3 is 59.1 Å². The van der Waals surface area contributed by atoms with Crippen LogP contribution in [0, 0.1) is 23.7 Å². The molecule has 5 heterocycles. The minimum atomic E-state index is -1.85. The lowest BCUT2D eigenvalue weighted by atomic mass is 9.73. The number of nitrogens with one attached hydrogen (secondary N) is 1. The molecule has 1 unspecified atom stereocenters. The number of aromatic amines is 1. The summed E-state index contributed by atoms with van der Waals surface area (Å²) in [5, 5.41) is 28.5. The molecular weight excluding hydrogens is 817 g/mol. The molecule has 5 N–H and O–H groups in total. The number of carbonyl (C=O) groups excluding carboxylic acids is 3. The number of aromatic nitrogens is 2. The Morgan fingerprint density at radius 3 is 2.52 bits per heavy atom. The van der Waals surface area contributed by atoms with E-state index in [-0.39, 0.29) is 50.5 Å². The molecule has 63 heavy (non-hydrogen) atoms. The minimum absolute atomic E-state index is 0.137. The van der Waals surface area contributed by atoms with Gasteiger partial charge in [0.1, 0.15) is 29.4 Å². The number of carbonyl (C=O) groups is 3. The fourth-order valence-corrected chi connectivity index (χ4v) is 9.71. The van der Waals surface area contributed by atoms with Gasteiger partial charge in [0.25, 0.3) is 5.91 Å². The summed E-state index contributed by atoms with van der Waals surface area (Å²) in [7, 11) is 3.73. The third-order valence-electron chi connectivity index (χ3n) is 13.2. The average molecular weight is 885 g/mol. The van der Waals surface area contributed by atoms with Crippen molar-refractivity contribution in [2.24, 2.45) is 33.8 Å².